The van der Waals surface area contributed by atoms with Gasteiger partial charge in [-0.25, -0.2) is 4.98 Å². The van der Waals surface area contributed by atoms with Gasteiger partial charge in [0.1, 0.15) is 0 Å². The van der Waals surface area contributed by atoms with Crippen molar-refractivity contribution in [3.8, 4) is 0 Å². The molecule has 0 radical (unpaired) electrons. The minimum Gasteiger partial charge on any atom is -0.438 e. The second-order valence-electron chi connectivity index (χ2n) is 3.83. The molecule has 1 unspecified atom stereocenters. The zero-order valence-corrected chi connectivity index (χ0v) is 10.2. The molecule has 4 nitrogen and oxygen atoms in total. The quantitative estimate of drug-likeness (QED) is 0.772. The number of carbonyl (C=O) groups is 1. The average molecular weight is 273 g/mol. The number of hydrogen-bond donors (Lipinski definition) is 0. The highest BCUT2D eigenvalue weighted by atomic mass is 79.9. The normalized spacial score (nSPS) is 20.9. The fourth-order valence-corrected chi connectivity index (χ4v) is 2.32. The predicted octanol–water partition coefficient (Wildman–Crippen LogP) is 1.84. The predicted molar refractivity (Wildman–Crippen MR) is 59.0 cm³/mol. The number of rotatable bonds is 2. The Bertz CT molecular complexity index is 364. The van der Waals surface area contributed by atoms with E-state index in [-0.39, 0.29) is 5.91 Å². The molecule has 1 fully saturated rings. The van der Waals surface area contributed by atoms with Gasteiger partial charge in [-0.05, 0) is 19.3 Å². The third-order valence-electron chi connectivity index (χ3n) is 2.73. The third kappa shape index (κ3) is 2.07. The fourth-order valence-electron chi connectivity index (χ4n) is 1.79. The summed E-state index contributed by atoms with van der Waals surface area (Å²) in [7, 11) is 0. The molecule has 1 aromatic rings. The molecule has 2 heterocycles. The summed E-state index contributed by atoms with van der Waals surface area (Å²) < 4.78 is 5.09. The van der Waals surface area contributed by atoms with E-state index in [1.165, 1.54) is 6.39 Å². The van der Waals surface area contributed by atoms with Gasteiger partial charge in [-0.1, -0.05) is 15.9 Å². The Morgan fingerprint density at radius 1 is 1.80 bits per heavy atom. The van der Waals surface area contributed by atoms with E-state index >= 15 is 0 Å². The Hall–Kier alpha value is -0.840. The smallest absolute Gasteiger partial charge is 0.291 e. The van der Waals surface area contributed by atoms with Crippen molar-refractivity contribution in [3.63, 3.8) is 0 Å². The first-order chi connectivity index (χ1) is 7.22. The maximum absolute atomic E-state index is 12.0. The second-order valence-corrected chi connectivity index (χ2v) is 4.47. The first kappa shape index (κ1) is 10.7. The standard InChI is InChI=1S/C10H13BrN2O2/c1-7-9(15-6-12-7)10(14)13-3-2-8(4-11)5-13/h6,8H,2-5H2,1H3. The van der Waals surface area contributed by atoms with Crippen LogP contribution in [0.2, 0.25) is 0 Å². The van der Waals surface area contributed by atoms with Crippen molar-refractivity contribution >= 4 is 21.8 Å². The van der Waals surface area contributed by atoms with E-state index in [0.717, 1.165) is 24.8 Å². The van der Waals surface area contributed by atoms with Crippen LogP contribution in [0, 0.1) is 12.8 Å². The van der Waals surface area contributed by atoms with Gasteiger partial charge in [-0.3, -0.25) is 4.79 Å². The Labute approximate surface area is 96.8 Å². The Kier molecular flexibility index (Phi) is 3.09. The van der Waals surface area contributed by atoms with Gasteiger partial charge in [0.25, 0.3) is 5.91 Å². The van der Waals surface area contributed by atoms with Crippen molar-refractivity contribution in [1.82, 2.24) is 9.88 Å². The third-order valence-corrected chi connectivity index (χ3v) is 3.65. The molecule has 0 saturated carbocycles. The molecule has 5 heteroatoms. The largest absolute Gasteiger partial charge is 0.438 e. The average Bonchev–Trinajstić information content (AvgIpc) is 2.84. The molecule has 15 heavy (non-hydrogen) atoms. The van der Waals surface area contributed by atoms with Gasteiger partial charge in [0.05, 0.1) is 5.69 Å². The summed E-state index contributed by atoms with van der Waals surface area (Å²) in [6, 6.07) is 0. The number of oxazole rings is 1. The number of hydrogen-bond acceptors (Lipinski definition) is 3. The van der Waals surface area contributed by atoms with E-state index in [4.69, 9.17) is 4.42 Å². The Morgan fingerprint density at radius 2 is 2.60 bits per heavy atom. The zero-order valence-electron chi connectivity index (χ0n) is 8.57. The van der Waals surface area contributed by atoms with Crippen molar-refractivity contribution in [1.29, 1.82) is 0 Å². The van der Waals surface area contributed by atoms with Gasteiger partial charge in [-0.15, -0.1) is 0 Å². The summed E-state index contributed by atoms with van der Waals surface area (Å²) in [4.78, 5) is 17.7. The van der Waals surface area contributed by atoms with Gasteiger partial charge in [0.15, 0.2) is 6.39 Å². The summed E-state index contributed by atoms with van der Waals surface area (Å²) in [6.07, 6.45) is 2.38. The number of carbonyl (C=O) groups excluding carboxylic acids is 1. The molecule has 0 spiro atoms. The van der Waals surface area contributed by atoms with Crippen LogP contribution in [-0.4, -0.2) is 34.2 Å². The van der Waals surface area contributed by atoms with Crippen LogP contribution in [-0.2, 0) is 0 Å². The van der Waals surface area contributed by atoms with Crippen LogP contribution in [0.25, 0.3) is 0 Å². The van der Waals surface area contributed by atoms with E-state index in [0.29, 0.717) is 17.4 Å². The molecule has 1 aliphatic heterocycles. The molecular formula is C10H13BrN2O2. The highest BCUT2D eigenvalue weighted by Gasteiger charge is 2.28. The topological polar surface area (TPSA) is 46.3 Å². The molecule has 0 aliphatic carbocycles. The fraction of sp³-hybridized carbons (Fsp3) is 0.600. The van der Waals surface area contributed by atoms with Gasteiger partial charge in [0, 0.05) is 18.4 Å². The number of nitrogens with zero attached hydrogens (tertiary/aromatic N) is 2. The maximum atomic E-state index is 12.0. The summed E-state index contributed by atoms with van der Waals surface area (Å²) in [6.45, 7) is 3.41. The van der Waals surface area contributed by atoms with Gasteiger partial charge < -0.3 is 9.32 Å². The second kappa shape index (κ2) is 4.35. The monoisotopic (exact) mass is 272 g/mol. The van der Waals surface area contributed by atoms with E-state index in [2.05, 4.69) is 20.9 Å². The highest BCUT2D eigenvalue weighted by Crippen LogP contribution is 2.21. The first-order valence-electron chi connectivity index (χ1n) is 4.97. The molecule has 1 aliphatic rings. The van der Waals surface area contributed by atoms with Gasteiger partial charge in [0.2, 0.25) is 5.76 Å². The van der Waals surface area contributed by atoms with Gasteiger partial charge >= 0.3 is 0 Å². The van der Waals surface area contributed by atoms with E-state index < -0.39 is 0 Å². The molecule has 2 rings (SSSR count). The number of likely N-dealkylation sites (tertiary alicyclic amines) is 1. The first-order valence-corrected chi connectivity index (χ1v) is 6.10. The van der Waals surface area contributed by atoms with Crippen LogP contribution in [0.5, 0.6) is 0 Å². The lowest BCUT2D eigenvalue weighted by Gasteiger charge is -2.14. The number of aryl methyl sites for hydroxylation is 1. The number of alkyl halides is 1. The lowest BCUT2D eigenvalue weighted by molar-refractivity contribution is 0.0756. The SMILES string of the molecule is Cc1ncoc1C(=O)N1CCC(CBr)C1. The Morgan fingerprint density at radius 3 is 3.13 bits per heavy atom. The van der Waals surface area contributed by atoms with E-state index in [1.54, 1.807) is 6.92 Å². The molecule has 0 bridgehead atoms. The highest BCUT2D eigenvalue weighted by molar-refractivity contribution is 9.09. The van der Waals surface area contributed by atoms with Crippen molar-refractivity contribution in [2.75, 3.05) is 18.4 Å². The summed E-state index contributed by atoms with van der Waals surface area (Å²) in [5, 5.41) is 0.951. The van der Waals surface area contributed by atoms with Crippen molar-refractivity contribution in [2.45, 2.75) is 13.3 Å². The van der Waals surface area contributed by atoms with Crippen molar-refractivity contribution in [3.05, 3.63) is 17.8 Å². The lowest BCUT2D eigenvalue weighted by atomic mass is 10.2. The lowest BCUT2D eigenvalue weighted by Crippen LogP contribution is -2.29. The van der Waals surface area contributed by atoms with Crippen LogP contribution in [0.15, 0.2) is 10.8 Å². The van der Waals surface area contributed by atoms with Crippen LogP contribution in [0.3, 0.4) is 0 Å². The molecule has 0 aromatic carbocycles. The molecule has 82 valence electrons. The number of amides is 1. The van der Waals surface area contributed by atoms with E-state index in [1.807, 2.05) is 4.90 Å². The minimum atomic E-state index is -0.0338. The van der Waals surface area contributed by atoms with Gasteiger partial charge in [-0.2, -0.15) is 0 Å². The molecule has 1 amide bonds. The van der Waals surface area contributed by atoms with Crippen LogP contribution >= 0.6 is 15.9 Å². The number of aromatic nitrogens is 1. The van der Waals surface area contributed by atoms with Crippen molar-refractivity contribution in [2.24, 2.45) is 5.92 Å². The Balaban J connectivity index is 2.07. The molecule has 1 aromatic heterocycles. The van der Waals surface area contributed by atoms with Crippen LogP contribution in [0.1, 0.15) is 22.7 Å². The minimum absolute atomic E-state index is 0.0338. The maximum Gasteiger partial charge on any atom is 0.291 e. The zero-order chi connectivity index (χ0) is 10.8. The summed E-state index contributed by atoms with van der Waals surface area (Å²) in [5.74, 6) is 0.913. The van der Waals surface area contributed by atoms with Crippen LogP contribution in [0.4, 0.5) is 0 Å². The molecular weight excluding hydrogens is 260 g/mol. The molecule has 0 N–H and O–H groups in total. The van der Waals surface area contributed by atoms with Crippen molar-refractivity contribution < 1.29 is 9.21 Å². The van der Waals surface area contributed by atoms with E-state index in [9.17, 15) is 4.79 Å². The van der Waals surface area contributed by atoms with Crippen LogP contribution < -0.4 is 0 Å². The number of halogens is 1. The molecule has 1 atom stereocenters. The summed E-state index contributed by atoms with van der Waals surface area (Å²) in [5.41, 5.74) is 0.669. The molecule has 1 saturated heterocycles. The summed E-state index contributed by atoms with van der Waals surface area (Å²) >= 11 is 3.44.